The molecule has 1 atom stereocenters. The molecule has 0 bridgehead atoms. The lowest BCUT2D eigenvalue weighted by molar-refractivity contribution is -0.139. The van der Waals surface area contributed by atoms with Gasteiger partial charge in [-0.05, 0) is 30.5 Å². The van der Waals surface area contributed by atoms with Crippen LogP contribution in [0.5, 0.6) is 0 Å². The maximum atomic E-state index is 11.8. The molecule has 0 fully saturated rings. The average Bonchev–Trinajstić information content (AvgIpc) is 2.73. The van der Waals surface area contributed by atoms with Crippen molar-refractivity contribution in [2.45, 2.75) is 39.3 Å². The molecule has 0 aliphatic carbocycles. The molecule has 6 nitrogen and oxygen atoms in total. The van der Waals surface area contributed by atoms with E-state index in [1.165, 1.54) is 6.20 Å². The van der Waals surface area contributed by atoms with Crippen LogP contribution in [0, 0.1) is 0 Å². The van der Waals surface area contributed by atoms with Gasteiger partial charge in [-0.3, -0.25) is 0 Å². The average molecular weight is 328 g/mol. The Hall–Kier alpha value is -2.76. The second kappa shape index (κ2) is 6.03. The molecule has 0 saturated carbocycles. The summed E-state index contributed by atoms with van der Waals surface area (Å²) in [6, 6.07) is 5.10. The van der Waals surface area contributed by atoms with Crippen LogP contribution in [-0.4, -0.2) is 32.8 Å². The summed E-state index contributed by atoms with van der Waals surface area (Å²) in [5.74, 6) is -2.06. The lowest BCUT2D eigenvalue weighted by Gasteiger charge is -2.11. The number of aryl methyl sites for hydroxylation is 2. The number of carboxylic acids is 2. The summed E-state index contributed by atoms with van der Waals surface area (Å²) >= 11 is 0. The number of rotatable bonds is 4. The Balaban J connectivity index is 2.41. The summed E-state index contributed by atoms with van der Waals surface area (Å²) in [6.07, 6.45) is 2.37. The number of hydrogen-bond acceptors (Lipinski definition) is 3. The molecule has 6 heteroatoms. The largest absolute Gasteiger partial charge is 0.480 e. The van der Waals surface area contributed by atoms with Gasteiger partial charge in [0.15, 0.2) is 0 Å². The second-order valence-corrected chi connectivity index (χ2v) is 5.86. The molecule has 0 spiro atoms. The van der Waals surface area contributed by atoms with Gasteiger partial charge < -0.3 is 20.1 Å². The van der Waals surface area contributed by atoms with E-state index in [-0.39, 0.29) is 12.0 Å². The Morgan fingerprint density at radius 1 is 1.29 bits per heavy atom. The monoisotopic (exact) mass is 328 g/mol. The predicted octanol–water partition coefficient (Wildman–Crippen LogP) is 2.25. The third-order valence-electron chi connectivity index (χ3n) is 4.59. The Labute approximate surface area is 139 Å². The molecule has 1 unspecified atom stereocenters. The van der Waals surface area contributed by atoms with Crippen LogP contribution in [0.15, 0.2) is 24.4 Å². The Kier molecular flexibility index (Phi) is 4.05. The van der Waals surface area contributed by atoms with E-state index >= 15 is 0 Å². The number of carboxylic acid groups (broad SMARTS) is 2. The van der Waals surface area contributed by atoms with Crippen LogP contribution in [0.25, 0.3) is 16.5 Å². The van der Waals surface area contributed by atoms with Crippen molar-refractivity contribution >= 4 is 28.4 Å². The van der Waals surface area contributed by atoms with Gasteiger partial charge in [0.25, 0.3) is 0 Å². The van der Waals surface area contributed by atoms with E-state index in [9.17, 15) is 19.8 Å². The smallest absolute Gasteiger partial charge is 0.339 e. The maximum Gasteiger partial charge on any atom is 0.339 e. The number of nitrogens with one attached hydrogen (secondary N) is 1. The van der Waals surface area contributed by atoms with Crippen LogP contribution >= 0.6 is 0 Å². The number of aliphatic carboxylic acids is 2. The second-order valence-electron chi connectivity index (χ2n) is 5.86. The SMILES string of the molecule is CCc1cccc2c1c1c(n2CC)C(C(=O)O)=CNC(C(=O)O)C1. The molecule has 3 rings (SSSR count). The van der Waals surface area contributed by atoms with Gasteiger partial charge in [-0.25, -0.2) is 9.59 Å². The van der Waals surface area contributed by atoms with Crippen LogP contribution in [0.4, 0.5) is 0 Å². The van der Waals surface area contributed by atoms with Crippen molar-refractivity contribution in [2.24, 2.45) is 0 Å². The maximum absolute atomic E-state index is 11.8. The van der Waals surface area contributed by atoms with E-state index in [0.717, 1.165) is 28.5 Å². The van der Waals surface area contributed by atoms with Gasteiger partial charge in [0.1, 0.15) is 6.04 Å². The third-order valence-corrected chi connectivity index (χ3v) is 4.59. The highest BCUT2D eigenvalue weighted by molar-refractivity contribution is 6.17. The third kappa shape index (κ3) is 2.35. The number of hydrogen-bond donors (Lipinski definition) is 3. The normalized spacial score (nSPS) is 16.9. The molecular weight excluding hydrogens is 308 g/mol. The van der Waals surface area contributed by atoms with E-state index in [2.05, 4.69) is 5.32 Å². The molecule has 126 valence electrons. The molecule has 1 aliphatic rings. The summed E-state index contributed by atoms with van der Waals surface area (Å²) in [4.78, 5) is 23.3. The molecule has 0 saturated heterocycles. The first-order valence-corrected chi connectivity index (χ1v) is 8.05. The first kappa shape index (κ1) is 16.1. The van der Waals surface area contributed by atoms with E-state index < -0.39 is 18.0 Å². The lowest BCUT2D eigenvalue weighted by atomic mass is 9.97. The van der Waals surface area contributed by atoms with Crippen molar-refractivity contribution in [1.82, 2.24) is 9.88 Å². The molecule has 1 aromatic heterocycles. The molecule has 2 heterocycles. The molecule has 0 radical (unpaired) electrons. The summed E-state index contributed by atoms with van der Waals surface area (Å²) in [5.41, 5.74) is 3.58. The Morgan fingerprint density at radius 2 is 2.04 bits per heavy atom. The van der Waals surface area contributed by atoms with Crippen molar-refractivity contribution in [3.8, 4) is 0 Å². The fourth-order valence-electron chi connectivity index (χ4n) is 3.53. The van der Waals surface area contributed by atoms with Crippen LogP contribution in [0.1, 0.15) is 30.7 Å². The number of fused-ring (bicyclic) bond motifs is 3. The number of carbonyl (C=O) groups is 2. The summed E-state index contributed by atoms with van der Waals surface area (Å²) in [7, 11) is 0. The van der Waals surface area contributed by atoms with Crippen molar-refractivity contribution in [3.63, 3.8) is 0 Å². The zero-order chi connectivity index (χ0) is 17.4. The van der Waals surface area contributed by atoms with Crippen LogP contribution in [-0.2, 0) is 29.0 Å². The van der Waals surface area contributed by atoms with E-state index in [4.69, 9.17) is 0 Å². The fourth-order valence-corrected chi connectivity index (χ4v) is 3.53. The Morgan fingerprint density at radius 3 is 2.62 bits per heavy atom. The fraction of sp³-hybridized carbons (Fsp3) is 0.333. The van der Waals surface area contributed by atoms with Crippen LogP contribution in [0.3, 0.4) is 0 Å². The standard InChI is InChI=1S/C18H20N2O4/c1-3-10-6-5-7-14-15(10)11-8-13(18(23)24)19-9-12(17(21)22)16(11)20(14)4-2/h5-7,9,13,19H,3-4,8H2,1-2H3,(H,21,22)(H,23,24). The zero-order valence-electron chi connectivity index (χ0n) is 13.7. The van der Waals surface area contributed by atoms with E-state index in [1.54, 1.807) is 0 Å². The predicted molar refractivity (Wildman–Crippen MR) is 90.9 cm³/mol. The highest BCUT2D eigenvalue weighted by atomic mass is 16.4. The van der Waals surface area contributed by atoms with Gasteiger partial charge in [-0.2, -0.15) is 0 Å². The molecule has 1 aromatic carbocycles. The minimum absolute atomic E-state index is 0.105. The minimum Gasteiger partial charge on any atom is -0.480 e. The summed E-state index contributed by atoms with van der Waals surface area (Å²) in [6.45, 7) is 4.62. The molecule has 1 aliphatic heterocycles. The minimum atomic E-state index is -1.06. The first-order chi connectivity index (χ1) is 11.5. The molecule has 2 aromatic rings. The molecule has 24 heavy (non-hydrogen) atoms. The zero-order valence-corrected chi connectivity index (χ0v) is 13.7. The highest BCUT2D eigenvalue weighted by Gasteiger charge is 2.31. The van der Waals surface area contributed by atoms with Crippen molar-refractivity contribution in [1.29, 1.82) is 0 Å². The molecule has 0 amide bonds. The molecular formula is C18H20N2O4. The van der Waals surface area contributed by atoms with E-state index in [0.29, 0.717) is 12.2 Å². The summed E-state index contributed by atoms with van der Waals surface area (Å²) in [5, 5.41) is 22.8. The van der Waals surface area contributed by atoms with Gasteiger partial charge >= 0.3 is 11.9 Å². The van der Waals surface area contributed by atoms with Gasteiger partial charge in [0, 0.05) is 30.1 Å². The molecule has 3 N–H and O–H groups in total. The van der Waals surface area contributed by atoms with Gasteiger partial charge in [0.05, 0.1) is 11.3 Å². The van der Waals surface area contributed by atoms with Crippen molar-refractivity contribution in [3.05, 3.63) is 41.2 Å². The topological polar surface area (TPSA) is 91.6 Å². The van der Waals surface area contributed by atoms with Gasteiger partial charge in [-0.15, -0.1) is 0 Å². The highest BCUT2D eigenvalue weighted by Crippen LogP contribution is 2.35. The first-order valence-electron chi connectivity index (χ1n) is 8.05. The quantitative estimate of drug-likeness (QED) is 0.801. The van der Waals surface area contributed by atoms with Crippen molar-refractivity contribution < 1.29 is 19.8 Å². The van der Waals surface area contributed by atoms with Crippen molar-refractivity contribution in [2.75, 3.05) is 0 Å². The number of benzene rings is 1. The number of aromatic nitrogens is 1. The Bertz CT molecular complexity index is 864. The van der Waals surface area contributed by atoms with Gasteiger partial charge in [-0.1, -0.05) is 19.1 Å². The van der Waals surface area contributed by atoms with E-state index in [1.807, 2.05) is 36.6 Å². The van der Waals surface area contributed by atoms with Crippen LogP contribution < -0.4 is 5.32 Å². The lowest BCUT2D eigenvalue weighted by Crippen LogP contribution is -2.34. The number of nitrogens with zero attached hydrogens (tertiary/aromatic N) is 1. The van der Waals surface area contributed by atoms with Gasteiger partial charge in [0.2, 0.25) is 0 Å². The summed E-state index contributed by atoms with van der Waals surface area (Å²) < 4.78 is 1.97. The van der Waals surface area contributed by atoms with Crippen LogP contribution in [0.2, 0.25) is 0 Å².